The van der Waals surface area contributed by atoms with Crippen LogP contribution in [0.4, 0.5) is 0 Å². The van der Waals surface area contributed by atoms with Crippen molar-refractivity contribution >= 4 is 10.0 Å². The van der Waals surface area contributed by atoms with Crippen LogP contribution in [0.1, 0.15) is 19.1 Å². The molecular formula is C11H20N2O4S. The number of sulfonamides is 1. The predicted octanol–water partition coefficient (Wildman–Crippen LogP) is 0.390. The van der Waals surface area contributed by atoms with Crippen LogP contribution in [0.15, 0.2) is 21.6 Å². The molecule has 1 heterocycles. The third-order valence-corrected chi connectivity index (χ3v) is 4.25. The monoisotopic (exact) mass is 276 g/mol. The van der Waals surface area contributed by atoms with Crippen LogP contribution in [0.5, 0.6) is 0 Å². The average molecular weight is 276 g/mol. The highest BCUT2D eigenvalue weighted by molar-refractivity contribution is 7.88. The molecule has 104 valence electrons. The summed E-state index contributed by atoms with van der Waals surface area (Å²) >= 11 is 0. The van der Waals surface area contributed by atoms with E-state index in [1.54, 1.807) is 6.07 Å². The Balaban J connectivity index is 2.65. The third-order valence-electron chi connectivity index (χ3n) is 2.56. The summed E-state index contributed by atoms with van der Waals surface area (Å²) in [6, 6.07) is 3.23. The molecule has 1 aromatic rings. The van der Waals surface area contributed by atoms with Gasteiger partial charge in [0.05, 0.1) is 6.54 Å². The Labute approximate surface area is 108 Å². The van der Waals surface area contributed by atoms with E-state index in [-0.39, 0.29) is 17.7 Å². The zero-order valence-electron chi connectivity index (χ0n) is 10.9. The molecule has 0 aliphatic heterocycles. The third kappa shape index (κ3) is 3.81. The van der Waals surface area contributed by atoms with Crippen molar-refractivity contribution in [2.75, 3.05) is 20.7 Å². The van der Waals surface area contributed by atoms with Crippen LogP contribution in [0, 0.1) is 0 Å². The molecule has 1 unspecified atom stereocenters. The van der Waals surface area contributed by atoms with Crippen molar-refractivity contribution in [1.29, 1.82) is 0 Å². The van der Waals surface area contributed by atoms with Crippen molar-refractivity contribution in [2.45, 2.75) is 31.0 Å². The smallest absolute Gasteiger partial charge is 0.275 e. The van der Waals surface area contributed by atoms with Crippen LogP contribution in [-0.4, -0.2) is 44.6 Å². The number of hydrogen-bond donors (Lipinski definition) is 2. The van der Waals surface area contributed by atoms with E-state index in [1.165, 1.54) is 20.2 Å². The fourth-order valence-electron chi connectivity index (χ4n) is 1.34. The molecule has 0 amide bonds. The number of hydrogen-bond acceptors (Lipinski definition) is 5. The number of aliphatic hydroxyl groups excluding tert-OH is 1. The maximum absolute atomic E-state index is 11.8. The van der Waals surface area contributed by atoms with E-state index in [0.29, 0.717) is 18.7 Å². The highest BCUT2D eigenvalue weighted by atomic mass is 32.2. The summed E-state index contributed by atoms with van der Waals surface area (Å²) in [5.41, 5.74) is 0. The minimum absolute atomic E-state index is 0.0564. The van der Waals surface area contributed by atoms with Gasteiger partial charge in [0.2, 0.25) is 5.09 Å². The van der Waals surface area contributed by atoms with Gasteiger partial charge in [-0.15, -0.1) is 0 Å². The maximum atomic E-state index is 11.8. The molecule has 1 aromatic heterocycles. The van der Waals surface area contributed by atoms with Crippen molar-refractivity contribution in [2.24, 2.45) is 0 Å². The molecule has 0 radical (unpaired) electrons. The van der Waals surface area contributed by atoms with E-state index >= 15 is 0 Å². The van der Waals surface area contributed by atoms with Crippen LogP contribution in [0.3, 0.4) is 0 Å². The van der Waals surface area contributed by atoms with Gasteiger partial charge in [0.25, 0.3) is 10.0 Å². The van der Waals surface area contributed by atoms with Crippen molar-refractivity contribution in [3.63, 3.8) is 0 Å². The molecule has 7 heteroatoms. The minimum Gasteiger partial charge on any atom is -0.447 e. The Hall–Kier alpha value is -0.890. The van der Waals surface area contributed by atoms with Crippen molar-refractivity contribution in [3.05, 3.63) is 17.9 Å². The summed E-state index contributed by atoms with van der Waals surface area (Å²) in [6.45, 7) is 2.49. The number of furan rings is 1. The lowest BCUT2D eigenvalue weighted by Gasteiger charge is -2.11. The van der Waals surface area contributed by atoms with Gasteiger partial charge in [-0.1, -0.05) is 0 Å². The molecule has 1 atom stereocenters. The van der Waals surface area contributed by atoms with Crippen molar-refractivity contribution < 1.29 is 17.9 Å². The molecule has 0 aliphatic carbocycles. The molecule has 0 fully saturated rings. The zero-order chi connectivity index (χ0) is 13.8. The molecule has 1 rings (SSSR count). The summed E-state index contributed by atoms with van der Waals surface area (Å²) in [5, 5.41) is 11.8. The quantitative estimate of drug-likeness (QED) is 0.753. The standard InChI is InChI=1S/C11H20N2O4S/c1-9(6-7-14)12-8-10-4-5-11(17-10)18(15,16)13(2)3/h4-5,9,12,14H,6-8H2,1-3H3. The van der Waals surface area contributed by atoms with E-state index in [4.69, 9.17) is 9.52 Å². The SMILES string of the molecule is CC(CCO)NCc1ccc(S(=O)(=O)N(C)C)o1. The van der Waals surface area contributed by atoms with Crippen LogP contribution >= 0.6 is 0 Å². The number of nitrogens with zero attached hydrogens (tertiary/aromatic N) is 1. The topological polar surface area (TPSA) is 82.8 Å². The molecule has 2 N–H and O–H groups in total. The van der Waals surface area contributed by atoms with Gasteiger partial charge >= 0.3 is 0 Å². The first kappa shape index (κ1) is 15.2. The Morgan fingerprint density at radius 1 is 1.44 bits per heavy atom. The molecule has 0 saturated carbocycles. The lowest BCUT2D eigenvalue weighted by molar-refractivity contribution is 0.266. The van der Waals surface area contributed by atoms with Gasteiger partial charge in [-0.2, -0.15) is 0 Å². The van der Waals surface area contributed by atoms with Gasteiger partial charge in [0, 0.05) is 26.7 Å². The molecule has 18 heavy (non-hydrogen) atoms. The predicted molar refractivity (Wildman–Crippen MR) is 67.6 cm³/mol. The first-order valence-corrected chi connectivity index (χ1v) is 7.17. The lowest BCUT2D eigenvalue weighted by atomic mass is 10.2. The lowest BCUT2D eigenvalue weighted by Crippen LogP contribution is -2.26. The van der Waals surface area contributed by atoms with Crippen LogP contribution in [0.2, 0.25) is 0 Å². The summed E-state index contributed by atoms with van der Waals surface area (Å²) in [4.78, 5) is 0. The van der Waals surface area contributed by atoms with Crippen molar-refractivity contribution in [1.82, 2.24) is 9.62 Å². The molecule has 0 saturated heterocycles. The summed E-state index contributed by atoms with van der Waals surface area (Å²) in [7, 11) is -0.591. The maximum Gasteiger partial charge on any atom is 0.275 e. The number of rotatable bonds is 7. The summed E-state index contributed by atoms with van der Waals surface area (Å²) in [5.74, 6) is 0.556. The Morgan fingerprint density at radius 2 is 2.11 bits per heavy atom. The average Bonchev–Trinajstić information content (AvgIpc) is 2.75. The van der Waals surface area contributed by atoms with Gasteiger partial charge in [-0.05, 0) is 25.5 Å². The summed E-state index contributed by atoms with van der Waals surface area (Å²) in [6.07, 6.45) is 0.642. The zero-order valence-corrected chi connectivity index (χ0v) is 11.7. The van der Waals surface area contributed by atoms with Gasteiger partial charge in [-0.25, -0.2) is 12.7 Å². The van der Waals surface area contributed by atoms with Gasteiger partial charge < -0.3 is 14.8 Å². The molecule has 0 aromatic carbocycles. The highest BCUT2D eigenvalue weighted by Crippen LogP contribution is 2.16. The van der Waals surface area contributed by atoms with E-state index in [2.05, 4.69) is 5.32 Å². The second kappa shape index (κ2) is 6.33. The normalized spacial score (nSPS) is 14.1. The van der Waals surface area contributed by atoms with E-state index in [1.807, 2.05) is 6.92 Å². The second-order valence-electron chi connectivity index (χ2n) is 4.30. The Bertz CT molecular complexity index is 467. The Kier molecular flexibility index (Phi) is 5.33. The highest BCUT2D eigenvalue weighted by Gasteiger charge is 2.21. The molecule has 0 spiro atoms. The van der Waals surface area contributed by atoms with Gasteiger partial charge in [0.15, 0.2) is 0 Å². The fraction of sp³-hybridized carbons (Fsp3) is 0.636. The molecular weight excluding hydrogens is 256 g/mol. The second-order valence-corrected chi connectivity index (χ2v) is 6.39. The minimum atomic E-state index is -3.51. The molecule has 0 bridgehead atoms. The van der Waals surface area contributed by atoms with Crippen LogP contribution < -0.4 is 5.32 Å². The van der Waals surface area contributed by atoms with E-state index in [0.717, 1.165) is 4.31 Å². The first-order valence-electron chi connectivity index (χ1n) is 5.73. The first-order chi connectivity index (χ1) is 8.37. The van der Waals surface area contributed by atoms with Crippen LogP contribution in [-0.2, 0) is 16.6 Å². The summed E-state index contributed by atoms with van der Waals surface area (Å²) < 4.78 is 29.9. The van der Waals surface area contributed by atoms with Gasteiger partial charge in [-0.3, -0.25) is 0 Å². The number of aliphatic hydroxyl groups is 1. The fourth-order valence-corrected chi connectivity index (χ4v) is 2.15. The van der Waals surface area contributed by atoms with Crippen LogP contribution in [0.25, 0.3) is 0 Å². The van der Waals surface area contributed by atoms with Crippen molar-refractivity contribution in [3.8, 4) is 0 Å². The molecule has 0 aliphatic rings. The Morgan fingerprint density at radius 3 is 2.67 bits per heavy atom. The van der Waals surface area contributed by atoms with E-state index in [9.17, 15) is 8.42 Å². The van der Waals surface area contributed by atoms with E-state index < -0.39 is 10.0 Å². The number of nitrogens with one attached hydrogen (secondary N) is 1. The molecule has 6 nitrogen and oxygen atoms in total. The van der Waals surface area contributed by atoms with Gasteiger partial charge in [0.1, 0.15) is 5.76 Å². The largest absolute Gasteiger partial charge is 0.447 e.